The van der Waals surface area contributed by atoms with E-state index in [-0.39, 0.29) is 0 Å². The summed E-state index contributed by atoms with van der Waals surface area (Å²) >= 11 is 0. The highest BCUT2D eigenvalue weighted by atomic mass is 16.4. The molecule has 0 bridgehead atoms. The van der Waals surface area contributed by atoms with E-state index in [1.807, 2.05) is 42.2 Å². The van der Waals surface area contributed by atoms with Crippen LogP contribution in [-0.4, -0.2) is 27.6 Å². The van der Waals surface area contributed by atoms with Gasteiger partial charge in [0.25, 0.3) is 0 Å². The maximum absolute atomic E-state index is 11.8. The maximum atomic E-state index is 11.8. The van der Waals surface area contributed by atoms with Crippen LogP contribution in [0.1, 0.15) is 29.8 Å². The molecule has 0 fully saturated rings. The molecule has 1 aliphatic heterocycles. The zero-order valence-electron chi connectivity index (χ0n) is 11.9. The van der Waals surface area contributed by atoms with Crippen molar-refractivity contribution in [2.75, 3.05) is 11.4 Å². The van der Waals surface area contributed by atoms with Gasteiger partial charge >= 0.3 is 5.97 Å². The van der Waals surface area contributed by atoms with Gasteiger partial charge in [0.15, 0.2) is 6.04 Å². The predicted molar refractivity (Wildman–Crippen MR) is 79.3 cm³/mol. The molecule has 5 heteroatoms. The molecule has 1 aliphatic rings. The second-order valence-corrected chi connectivity index (χ2v) is 5.10. The summed E-state index contributed by atoms with van der Waals surface area (Å²) in [6.07, 6.45) is 3.14. The molecule has 21 heavy (non-hydrogen) atoms. The first-order valence-electron chi connectivity index (χ1n) is 7.09. The molecule has 0 amide bonds. The summed E-state index contributed by atoms with van der Waals surface area (Å²) in [6.45, 7) is 2.67. The van der Waals surface area contributed by atoms with E-state index >= 15 is 0 Å². The lowest BCUT2D eigenvalue weighted by Crippen LogP contribution is -2.40. The Bertz CT molecular complexity index is 672. The van der Waals surface area contributed by atoms with E-state index in [4.69, 9.17) is 0 Å². The zero-order valence-corrected chi connectivity index (χ0v) is 11.9. The number of anilines is 1. The summed E-state index contributed by atoms with van der Waals surface area (Å²) in [5, 5.41) is 9.66. The van der Waals surface area contributed by atoms with Gasteiger partial charge in [0.05, 0.1) is 0 Å². The number of fused-ring (bicyclic) bond motifs is 1. The predicted octanol–water partition coefficient (Wildman–Crippen LogP) is 2.23. The lowest BCUT2D eigenvalue weighted by molar-refractivity contribution is -0.138. The topological polar surface area (TPSA) is 66.3 Å². The van der Waals surface area contributed by atoms with Crippen molar-refractivity contribution < 1.29 is 9.90 Å². The molecule has 1 N–H and O–H groups in total. The summed E-state index contributed by atoms with van der Waals surface area (Å²) in [5.74, 6) is -0.164. The van der Waals surface area contributed by atoms with E-state index in [2.05, 4.69) is 9.97 Å². The second kappa shape index (κ2) is 5.52. The van der Waals surface area contributed by atoms with Crippen molar-refractivity contribution >= 4 is 11.8 Å². The highest BCUT2D eigenvalue weighted by Gasteiger charge is 2.33. The fourth-order valence-electron chi connectivity index (χ4n) is 2.82. The Morgan fingerprint density at radius 1 is 1.38 bits per heavy atom. The Labute approximate surface area is 123 Å². The van der Waals surface area contributed by atoms with Crippen molar-refractivity contribution in [2.45, 2.75) is 25.8 Å². The average molecular weight is 283 g/mol. The van der Waals surface area contributed by atoms with E-state index in [1.165, 1.54) is 6.33 Å². The average Bonchev–Trinajstić information content (AvgIpc) is 2.53. The third-order valence-corrected chi connectivity index (χ3v) is 3.88. The molecule has 1 unspecified atom stereocenters. The van der Waals surface area contributed by atoms with E-state index in [1.54, 1.807) is 0 Å². The van der Waals surface area contributed by atoms with Gasteiger partial charge in [-0.1, -0.05) is 31.2 Å². The van der Waals surface area contributed by atoms with Crippen LogP contribution < -0.4 is 4.90 Å². The van der Waals surface area contributed by atoms with Crippen LogP contribution in [0.2, 0.25) is 0 Å². The molecule has 1 atom stereocenters. The van der Waals surface area contributed by atoms with Crippen molar-refractivity contribution in [3.63, 3.8) is 0 Å². The Kier molecular flexibility index (Phi) is 3.56. The first-order valence-corrected chi connectivity index (χ1v) is 7.09. The third kappa shape index (κ3) is 2.46. The van der Waals surface area contributed by atoms with Crippen molar-refractivity contribution in [3.05, 3.63) is 53.5 Å². The van der Waals surface area contributed by atoms with Gasteiger partial charge in [0.1, 0.15) is 12.1 Å². The van der Waals surface area contributed by atoms with E-state index in [9.17, 15) is 9.90 Å². The van der Waals surface area contributed by atoms with Gasteiger partial charge in [0.2, 0.25) is 0 Å². The molecular weight excluding hydrogens is 266 g/mol. The third-order valence-electron chi connectivity index (χ3n) is 3.88. The molecule has 108 valence electrons. The van der Waals surface area contributed by atoms with Crippen LogP contribution in [0.25, 0.3) is 0 Å². The number of nitrogens with zero attached hydrogens (tertiary/aromatic N) is 3. The molecule has 2 heterocycles. The van der Waals surface area contributed by atoms with Gasteiger partial charge in [-0.3, -0.25) is 0 Å². The fraction of sp³-hybridized carbons (Fsp3) is 0.312. The summed E-state index contributed by atoms with van der Waals surface area (Å²) in [7, 11) is 0. The van der Waals surface area contributed by atoms with E-state index in [0.717, 1.165) is 29.7 Å². The van der Waals surface area contributed by atoms with Gasteiger partial charge in [0, 0.05) is 18.3 Å². The number of aryl methyl sites for hydroxylation is 1. The normalized spacial score (nSPS) is 17.4. The highest BCUT2D eigenvalue weighted by molar-refractivity contribution is 5.81. The molecule has 5 nitrogen and oxygen atoms in total. The van der Waals surface area contributed by atoms with Crippen LogP contribution >= 0.6 is 0 Å². The Morgan fingerprint density at radius 3 is 2.95 bits per heavy atom. The number of hydrogen-bond donors (Lipinski definition) is 1. The number of rotatable bonds is 3. The quantitative estimate of drug-likeness (QED) is 0.935. The summed E-state index contributed by atoms with van der Waals surface area (Å²) < 4.78 is 0. The Balaban J connectivity index is 2.04. The number of carbonyl (C=O) groups is 1. The number of aliphatic carboxylic acids is 1. The fourth-order valence-corrected chi connectivity index (χ4v) is 2.82. The van der Waals surface area contributed by atoms with Crippen LogP contribution in [0.3, 0.4) is 0 Å². The second-order valence-electron chi connectivity index (χ2n) is 5.10. The SMILES string of the molecule is CCc1cc(N2CCc3ccccc3C2C(=O)O)ncn1. The lowest BCUT2D eigenvalue weighted by atomic mass is 9.92. The number of hydrogen-bond acceptors (Lipinski definition) is 4. The number of carboxylic acids is 1. The van der Waals surface area contributed by atoms with E-state index < -0.39 is 12.0 Å². The maximum Gasteiger partial charge on any atom is 0.331 e. The Hall–Kier alpha value is -2.43. The van der Waals surface area contributed by atoms with Crippen molar-refractivity contribution in [1.82, 2.24) is 9.97 Å². The van der Waals surface area contributed by atoms with Crippen molar-refractivity contribution in [3.8, 4) is 0 Å². The monoisotopic (exact) mass is 283 g/mol. The zero-order chi connectivity index (χ0) is 14.8. The molecule has 1 aromatic carbocycles. The molecule has 0 saturated heterocycles. The minimum atomic E-state index is -0.848. The van der Waals surface area contributed by atoms with Crippen molar-refractivity contribution in [1.29, 1.82) is 0 Å². The molecule has 0 spiro atoms. The largest absolute Gasteiger partial charge is 0.479 e. The van der Waals surface area contributed by atoms with Crippen molar-refractivity contribution in [2.24, 2.45) is 0 Å². The molecule has 1 aromatic heterocycles. The molecule has 0 radical (unpaired) electrons. The molecule has 0 aliphatic carbocycles. The number of benzene rings is 1. The molecule has 3 rings (SSSR count). The first-order chi connectivity index (χ1) is 10.2. The Morgan fingerprint density at radius 2 is 2.19 bits per heavy atom. The van der Waals surface area contributed by atoms with Gasteiger partial charge < -0.3 is 10.0 Å². The summed E-state index contributed by atoms with van der Waals surface area (Å²) in [6, 6.07) is 8.92. The smallest absolute Gasteiger partial charge is 0.331 e. The minimum absolute atomic E-state index is 0.647. The van der Waals surface area contributed by atoms with Crippen LogP contribution in [0.15, 0.2) is 36.7 Å². The van der Waals surface area contributed by atoms with Gasteiger partial charge in [-0.05, 0) is 24.0 Å². The lowest BCUT2D eigenvalue weighted by Gasteiger charge is -2.35. The van der Waals surface area contributed by atoms with E-state index in [0.29, 0.717) is 12.4 Å². The standard InChI is InChI=1S/C16H17N3O2/c1-2-12-9-14(18-10-17-12)19-8-7-11-5-3-4-6-13(11)15(19)16(20)21/h3-6,9-10,15H,2,7-8H2,1H3,(H,20,21). The molecular formula is C16H17N3O2. The molecule has 2 aromatic rings. The number of aromatic nitrogens is 2. The minimum Gasteiger partial charge on any atom is -0.479 e. The van der Waals surface area contributed by atoms with Gasteiger partial charge in [-0.15, -0.1) is 0 Å². The number of carboxylic acid groups (broad SMARTS) is 1. The highest BCUT2D eigenvalue weighted by Crippen LogP contribution is 2.33. The van der Waals surface area contributed by atoms with Crippen LogP contribution in [0.4, 0.5) is 5.82 Å². The first kappa shape index (κ1) is 13.5. The van der Waals surface area contributed by atoms with Gasteiger partial charge in [-0.25, -0.2) is 14.8 Å². The van der Waals surface area contributed by atoms with Crippen LogP contribution in [0.5, 0.6) is 0 Å². The van der Waals surface area contributed by atoms with Crippen LogP contribution in [0, 0.1) is 0 Å². The van der Waals surface area contributed by atoms with Gasteiger partial charge in [-0.2, -0.15) is 0 Å². The molecule has 0 saturated carbocycles. The summed E-state index contributed by atoms with van der Waals surface area (Å²) in [4.78, 5) is 22.1. The van der Waals surface area contributed by atoms with Crippen LogP contribution in [-0.2, 0) is 17.6 Å². The summed E-state index contributed by atoms with van der Waals surface area (Å²) in [5.41, 5.74) is 2.88.